The summed E-state index contributed by atoms with van der Waals surface area (Å²) in [6.45, 7) is 14.6. The zero-order valence-electron chi connectivity index (χ0n) is 13.4. The predicted octanol–water partition coefficient (Wildman–Crippen LogP) is 2.94. The van der Waals surface area contributed by atoms with Crippen LogP contribution >= 0.6 is 0 Å². The Morgan fingerprint density at radius 3 is 2.42 bits per heavy atom. The molecule has 4 heteroatoms. The van der Waals surface area contributed by atoms with Crippen LogP contribution in [-0.2, 0) is 6.54 Å². The van der Waals surface area contributed by atoms with Crippen molar-refractivity contribution in [3.63, 3.8) is 0 Å². The number of hydrogen-bond acceptors (Lipinski definition) is 4. The van der Waals surface area contributed by atoms with Crippen molar-refractivity contribution < 1.29 is 0 Å². The van der Waals surface area contributed by atoms with Gasteiger partial charge in [-0.15, -0.1) is 0 Å². The minimum Gasteiger partial charge on any atom is -0.372 e. The smallest absolute Gasteiger partial charge is 0.131 e. The summed E-state index contributed by atoms with van der Waals surface area (Å²) in [6, 6.07) is 0. The summed E-state index contributed by atoms with van der Waals surface area (Å²) in [7, 11) is 2.08. The van der Waals surface area contributed by atoms with Gasteiger partial charge in [0.25, 0.3) is 0 Å². The molecule has 0 aliphatic rings. The zero-order valence-corrected chi connectivity index (χ0v) is 13.4. The van der Waals surface area contributed by atoms with Gasteiger partial charge in [-0.2, -0.15) is 0 Å². The molecule has 1 aromatic heterocycles. The minimum atomic E-state index is 0.0883. The van der Waals surface area contributed by atoms with Gasteiger partial charge >= 0.3 is 0 Å². The largest absolute Gasteiger partial charge is 0.372 e. The fourth-order valence-corrected chi connectivity index (χ4v) is 1.67. The molecule has 19 heavy (non-hydrogen) atoms. The van der Waals surface area contributed by atoms with E-state index in [0.29, 0.717) is 5.92 Å². The van der Waals surface area contributed by atoms with E-state index in [1.54, 1.807) is 0 Å². The first-order valence-electron chi connectivity index (χ1n) is 7.06. The maximum atomic E-state index is 4.73. The molecule has 1 heterocycles. The van der Waals surface area contributed by atoms with Gasteiger partial charge in [0.15, 0.2) is 0 Å². The van der Waals surface area contributed by atoms with Gasteiger partial charge in [-0.1, -0.05) is 13.8 Å². The van der Waals surface area contributed by atoms with Crippen molar-refractivity contribution in [3.05, 3.63) is 17.7 Å². The summed E-state index contributed by atoms with van der Waals surface area (Å²) in [5, 5.41) is 3.51. The van der Waals surface area contributed by atoms with Crippen LogP contribution < -0.4 is 10.2 Å². The molecule has 0 atom stereocenters. The van der Waals surface area contributed by atoms with Gasteiger partial charge in [0.1, 0.15) is 5.82 Å². The van der Waals surface area contributed by atoms with E-state index in [9.17, 15) is 0 Å². The summed E-state index contributed by atoms with van der Waals surface area (Å²) in [5.74, 6) is 1.27. The maximum Gasteiger partial charge on any atom is 0.131 e. The Kier molecular flexibility index (Phi) is 5.29. The quantitative estimate of drug-likeness (QED) is 0.888. The molecule has 0 saturated heterocycles. The number of anilines is 1. The third-order valence-electron chi connectivity index (χ3n) is 3.05. The van der Waals surface area contributed by atoms with Gasteiger partial charge in [0.05, 0.1) is 17.6 Å². The molecule has 0 aromatic carbocycles. The highest BCUT2D eigenvalue weighted by atomic mass is 15.1. The molecule has 1 rings (SSSR count). The highest BCUT2D eigenvalue weighted by molar-refractivity contribution is 5.48. The Labute approximate surface area is 117 Å². The first-order valence-corrected chi connectivity index (χ1v) is 7.06. The molecular formula is C15H28N4. The van der Waals surface area contributed by atoms with Gasteiger partial charge in [0, 0.05) is 31.6 Å². The Bertz CT molecular complexity index is 407. The monoisotopic (exact) mass is 264 g/mol. The van der Waals surface area contributed by atoms with Crippen molar-refractivity contribution in [2.24, 2.45) is 0 Å². The fraction of sp³-hybridized carbons (Fsp3) is 0.733. The zero-order chi connectivity index (χ0) is 14.6. The molecule has 0 spiro atoms. The molecule has 0 saturated carbocycles. The van der Waals surface area contributed by atoms with E-state index in [1.165, 1.54) is 0 Å². The lowest BCUT2D eigenvalue weighted by molar-refractivity contribution is 0.420. The SMILES string of the molecule is CCN(C)c1cnc(C(C)C)nc1CNC(C)(C)C. The number of nitrogens with one attached hydrogen (secondary N) is 1. The molecule has 0 unspecified atom stereocenters. The van der Waals surface area contributed by atoms with E-state index in [1.807, 2.05) is 6.20 Å². The van der Waals surface area contributed by atoms with Crippen LogP contribution in [0.2, 0.25) is 0 Å². The Balaban J connectivity index is 3.04. The molecule has 108 valence electrons. The molecule has 0 bridgehead atoms. The van der Waals surface area contributed by atoms with Crippen molar-refractivity contribution in [2.45, 2.75) is 59.5 Å². The maximum absolute atomic E-state index is 4.73. The van der Waals surface area contributed by atoms with Crippen LogP contribution in [0.4, 0.5) is 5.69 Å². The van der Waals surface area contributed by atoms with Gasteiger partial charge < -0.3 is 10.2 Å². The fourth-order valence-electron chi connectivity index (χ4n) is 1.67. The van der Waals surface area contributed by atoms with Crippen molar-refractivity contribution in [1.29, 1.82) is 0 Å². The van der Waals surface area contributed by atoms with Crippen LogP contribution in [0.5, 0.6) is 0 Å². The summed E-state index contributed by atoms with van der Waals surface area (Å²) in [5.41, 5.74) is 2.28. The summed E-state index contributed by atoms with van der Waals surface area (Å²) in [6.07, 6.45) is 1.95. The second-order valence-electron chi connectivity index (χ2n) is 6.33. The standard InChI is InChI=1S/C15H28N4/c1-8-19(7)13-10-16-14(11(2)3)18-12(13)9-17-15(4,5)6/h10-11,17H,8-9H2,1-7H3. The molecule has 0 amide bonds. The molecule has 0 aliphatic heterocycles. The molecule has 0 aliphatic carbocycles. The van der Waals surface area contributed by atoms with Crippen LogP contribution in [0.1, 0.15) is 59.0 Å². The lowest BCUT2D eigenvalue weighted by atomic mass is 10.1. The topological polar surface area (TPSA) is 41.1 Å². The minimum absolute atomic E-state index is 0.0883. The third-order valence-corrected chi connectivity index (χ3v) is 3.05. The number of rotatable bonds is 5. The Morgan fingerprint density at radius 2 is 1.95 bits per heavy atom. The molecule has 0 fully saturated rings. The van der Waals surface area contributed by atoms with Gasteiger partial charge in [-0.25, -0.2) is 9.97 Å². The Hall–Kier alpha value is -1.16. The average Bonchev–Trinajstić information content (AvgIpc) is 2.34. The third kappa shape index (κ3) is 4.78. The first-order chi connectivity index (χ1) is 8.74. The van der Waals surface area contributed by atoms with Crippen LogP contribution in [0.25, 0.3) is 0 Å². The van der Waals surface area contributed by atoms with E-state index < -0.39 is 0 Å². The van der Waals surface area contributed by atoms with Crippen LogP contribution in [0.3, 0.4) is 0 Å². The van der Waals surface area contributed by atoms with Crippen molar-refractivity contribution >= 4 is 5.69 Å². The van der Waals surface area contributed by atoms with Gasteiger partial charge in [0.2, 0.25) is 0 Å². The van der Waals surface area contributed by atoms with Crippen molar-refractivity contribution in [3.8, 4) is 0 Å². The summed E-state index contributed by atoms with van der Waals surface area (Å²) < 4.78 is 0. The summed E-state index contributed by atoms with van der Waals surface area (Å²) in [4.78, 5) is 11.4. The highest BCUT2D eigenvalue weighted by Crippen LogP contribution is 2.20. The number of nitrogens with zero attached hydrogens (tertiary/aromatic N) is 3. The van der Waals surface area contributed by atoms with E-state index in [2.05, 4.69) is 63.8 Å². The van der Waals surface area contributed by atoms with Crippen LogP contribution in [0, 0.1) is 0 Å². The molecular weight excluding hydrogens is 236 g/mol. The second kappa shape index (κ2) is 6.33. The lowest BCUT2D eigenvalue weighted by Gasteiger charge is -2.24. The second-order valence-corrected chi connectivity index (χ2v) is 6.33. The first kappa shape index (κ1) is 15.9. The van der Waals surface area contributed by atoms with Crippen LogP contribution in [-0.4, -0.2) is 29.1 Å². The molecule has 1 aromatic rings. The van der Waals surface area contributed by atoms with E-state index in [4.69, 9.17) is 4.98 Å². The van der Waals surface area contributed by atoms with E-state index in [0.717, 1.165) is 30.3 Å². The predicted molar refractivity (Wildman–Crippen MR) is 81.7 cm³/mol. The van der Waals surface area contributed by atoms with Crippen molar-refractivity contribution in [2.75, 3.05) is 18.5 Å². The van der Waals surface area contributed by atoms with E-state index in [-0.39, 0.29) is 5.54 Å². The summed E-state index contributed by atoms with van der Waals surface area (Å²) >= 11 is 0. The van der Waals surface area contributed by atoms with Crippen molar-refractivity contribution in [1.82, 2.24) is 15.3 Å². The molecule has 0 radical (unpaired) electrons. The highest BCUT2D eigenvalue weighted by Gasteiger charge is 2.15. The van der Waals surface area contributed by atoms with Gasteiger partial charge in [-0.05, 0) is 27.7 Å². The molecule has 1 N–H and O–H groups in total. The Morgan fingerprint density at radius 1 is 1.32 bits per heavy atom. The molecule has 4 nitrogen and oxygen atoms in total. The van der Waals surface area contributed by atoms with Gasteiger partial charge in [-0.3, -0.25) is 0 Å². The van der Waals surface area contributed by atoms with Crippen LogP contribution in [0.15, 0.2) is 6.20 Å². The number of hydrogen-bond donors (Lipinski definition) is 1. The number of aromatic nitrogens is 2. The normalized spacial score (nSPS) is 12.0. The van der Waals surface area contributed by atoms with E-state index >= 15 is 0 Å². The lowest BCUT2D eigenvalue weighted by Crippen LogP contribution is -2.36. The average molecular weight is 264 g/mol.